The van der Waals surface area contributed by atoms with Gasteiger partial charge < -0.3 is 4.90 Å². The van der Waals surface area contributed by atoms with Crippen LogP contribution < -0.4 is 4.90 Å². The summed E-state index contributed by atoms with van der Waals surface area (Å²) < 4.78 is 0. The second-order valence-electron chi connectivity index (χ2n) is 5.86. The Morgan fingerprint density at radius 1 is 1.08 bits per heavy atom. The number of benzene rings is 2. The van der Waals surface area contributed by atoms with Crippen molar-refractivity contribution < 1.29 is 9.59 Å². The van der Waals surface area contributed by atoms with Crippen molar-refractivity contribution >= 4 is 40.0 Å². The lowest BCUT2D eigenvalue weighted by atomic mass is 10.1. The first-order chi connectivity index (χ1) is 12.2. The molecule has 1 aliphatic heterocycles. The fourth-order valence-electron chi connectivity index (χ4n) is 2.99. The molecule has 0 aliphatic carbocycles. The van der Waals surface area contributed by atoms with Gasteiger partial charge in [0.1, 0.15) is 0 Å². The van der Waals surface area contributed by atoms with Gasteiger partial charge in [0.15, 0.2) is 5.78 Å². The smallest absolute Gasteiger partial charge is 0.228 e. The van der Waals surface area contributed by atoms with Crippen molar-refractivity contribution in [1.82, 2.24) is 4.98 Å². The molecule has 25 heavy (non-hydrogen) atoms. The highest BCUT2D eigenvalue weighted by molar-refractivity contribution is 7.99. The molecule has 4 nitrogen and oxygen atoms in total. The monoisotopic (exact) mass is 348 g/mol. The number of pyridine rings is 1. The molecule has 1 aliphatic rings. The van der Waals surface area contributed by atoms with Gasteiger partial charge in [-0.2, -0.15) is 0 Å². The van der Waals surface area contributed by atoms with Crippen molar-refractivity contribution in [3.63, 3.8) is 0 Å². The summed E-state index contributed by atoms with van der Waals surface area (Å²) in [6, 6.07) is 17.0. The third-order valence-corrected chi connectivity index (χ3v) is 5.38. The Balaban J connectivity index is 1.76. The molecule has 4 rings (SSSR count). The van der Waals surface area contributed by atoms with Gasteiger partial charge in [0, 0.05) is 28.0 Å². The van der Waals surface area contributed by atoms with Crippen LogP contribution in [0, 0.1) is 0 Å². The van der Waals surface area contributed by atoms with E-state index in [1.54, 1.807) is 35.0 Å². The Labute approximate surface area is 149 Å². The average Bonchev–Trinajstić information content (AvgIpc) is 2.82. The van der Waals surface area contributed by atoms with E-state index in [0.717, 1.165) is 21.5 Å². The van der Waals surface area contributed by atoms with Gasteiger partial charge in [0.05, 0.1) is 23.9 Å². The van der Waals surface area contributed by atoms with Gasteiger partial charge in [0.2, 0.25) is 5.91 Å². The maximum Gasteiger partial charge on any atom is 0.228 e. The highest BCUT2D eigenvalue weighted by Crippen LogP contribution is 2.38. The lowest BCUT2D eigenvalue weighted by Gasteiger charge is -2.22. The molecule has 0 bridgehead atoms. The molecular weight excluding hydrogens is 332 g/mol. The van der Waals surface area contributed by atoms with Crippen molar-refractivity contribution in [2.45, 2.75) is 11.3 Å². The van der Waals surface area contributed by atoms with E-state index < -0.39 is 0 Å². The second-order valence-corrected chi connectivity index (χ2v) is 6.96. The topological polar surface area (TPSA) is 50.3 Å². The van der Waals surface area contributed by atoms with Gasteiger partial charge >= 0.3 is 0 Å². The van der Waals surface area contributed by atoms with Gasteiger partial charge in [-0.25, -0.2) is 0 Å². The number of nitrogens with zero attached hydrogens (tertiary/aromatic N) is 2. The molecule has 0 radical (unpaired) electrons. The fraction of sp³-hybridized carbons (Fsp3) is 0.150. The zero-order chi connectivity index (χ0) is 17.2. The summed E-state index contributed by atoms with van der Waals surface area (Å²) in [6.07, 6.45) is 2.13. The molecule has 0 spiro atoms. The van der Waals surface area contributed by atoms with E-state index in [1.807, 2.05) is 42.5 Å². The van der Waals surface area contributed by atoms with Crippen molar-refractivity contribution in [2.75, 3.05) is 17.2 Å². The molecule has 5 heteroatoms. The lowest BCUT2D eigenvalue weighted by Crippen LogP contribution is -2.35. The zero-order valence-electron chi connectivity index (χ0n) is 13.5. The summed E-state index contributed by atoms with van der Waals surface area (Å²) in [7, 11) is 0. The number of carbonyl (C=O) groups is 2. The number of aromatic nitrogens is 1. The Kier molecular flexibility index (Phi) is 4.24. The van der Waals surface area contributed by atoms with E-state index in [9.17, 15) is 9.59 Å². The summed E-state index contributed by atoms with van der Waals surface area (Å²) >= 11 is 1.66. The Bertz CT molecular complexity index is 956. The first-order valence-electron chi connectivity index (χ1n) is 8.13. The minimum Gasteiger partial charge on any atom is -0.302 e. The van der Waals surface area contributed by atoms with Gasteiger partial charge in [-0.05, 0) is 6.07 Å². The van der Waals surface area contributed by atoms with Crippen LogP contribution in [0.1, 0.15) is 16.8 Å². The van der Waals surface area contributed by atoms with Gasteiger partial charge in [-0.1, -0.05) is 48.5 Å². The zero-order valence-corrected chi connectivity index (χ0v) is 14.3. The van der Waals surface area contributed by atoms with E-state index in [0.29, 0.717) is 17.7 Å². The number of hydrogen-bond acceptors (Lipinski definition) is 4. The predicted octanol–water partition coefficient (Wildman–Crippen LogP) is 3.95. The van der Waals surface area contributed by atoms with Crippen LogP contribution in [-0.4, -0.2) is 29.0 Å². The largest absolute Gasteiger partial charge is 0.302 e. The highest BCUT2D eigenvalue weighted by Gasteiger charge is 2.26. The molecule has 0 unspecified atom stereocenters. The van der Waals surface area contributed by atoms with Gasteiger partial charge in [0.25, 0.3) is 0 Å². The molecule has 124 valence electrons. The van der Waals surface area contributed by atoms with E-state index in [4.69, 9.17) is 0 Å². The van der Waals surface area contributed by atoms with Crippen molar-refractivity contribution in [3.05, 3.63) is 66.4 Å². The standard InChI is InChI=1S/C20H16N2O2S/c23-18(14-6-2-1-3-7-14)13-22-17-12-21-16-9-5-4-8-15(16)20(17)25-11-10-19(22)24/h1-9,12H,10-11,13H2. The molecule has 2 aromatic carbocycles. The predicted molar refractivity (Wildman–Crippen MR) is 100 cm³/mol. The second kappa shape index (κ2) is 6.69. The summed E-state index contributed by atoms with van der Waals surface area (Å²) in [6.45, 7) is 0.0381. The van der Waals surface area contributed by atoms with Crippen LogP contribution in [-0.2, 0) is 4.79 Å². The average molecular weight is 348 g/mol. The normalized spacial score (nSPS) is 14.2. The third kappa shape index (κ3) is 3.03. The highest BCUT2D eigenvalue weighted by atomic mass is 32.2. The molecule has 0 atom stereocenters. The van der Waals surface area contributed by atoms with Crippen LogP contribution in [0.15, 0.2) is 65.7 Å². The fourth-order valence-corrected chi connectivity index (χ4v) is 4.11. The maximum absolute atomic E-state index is 12.6. The van der Waals surface area contributed by atoms with Gasteiger partial charge in [-0.3, -0.25) is 14.6 Å². The Hall–Kier alpha value is -2.66. The Morgan fingerprint density at radius 2 is 1.84 bits per heavy atom. The number of hydrogen-bond donors (Lipinski definition) is 0. The third-order valence-electron chi connectivity index (χ3n) is 4.26. The molecule has 3 aromatic rings. The molecule has 0 fully saturated rings. The quantitative estimate of drug-likeness (QED) is 0.673. The number of Topliss-reactive ketones (excluding diaryl/α,β-unsaturated/α-hetero) is 1. The summed E-state index contributed by atoms with van der Waals surface area (Å²) in [5, 5.41) is 1.02. The summed E-state index contributed by atoms with van der Waals surface area (Å²) in [4.78, 5) is 32.3. The van der Waals surface area contributed by atoms with E-state index >= 15 is 0 Å². The van der Waals surface area contributed by atoms with E-state index in [1.165, 1.54) is 0 Å². The van der Waals surface area contributed by atoms with Crippen LogP contribution in [0.5, 0.6) is 0 Å². The first kappa shape index (κ1) is 15.8. The first-order valence-corrected chi connectivity index (χ1v) is 9.12. The molecule has 2 heterocycles. The number of para-hydroxylation sites is 1. The van der Waals surface area contributed by atoms with Crippen LogP contribution >= 0.6 is 11.8 Å². The minimum absolute atomic E-state index is 0.0346. The molecule has 0 saturated carbocycles. The van der Waals surface area contributed by atoms with Gasteiger partial charge in [-0.15, -0.1) is 11.8 Å². The number of rotatable bonds is 3. The van der Waals surface area contributed by atoms with Crippen LogP contribution in [0.4, 0.5) is 5.69 Å². The van der Waals surface area contributed by atoms with Crippen LogP contribution in [0.25, 0.3) is 10.9 Å². The van der Waals surface area contributed by atoms with Crippen molar-refractivity contribution in [2.24, 2.45) is 0 Å². The lowest BCUT2D eigenvalue weighted by molar-refractivity contribution is -0.118. The number of anilines is 1. The molecule has 0 saturated heterocycles. The van der Waals surface area contributed by atoms with E-state index in [-0.39, 0.29) is 18.2 Å². The number of ketones is 1. The SMILES string of the molecule is O=C(CN1C(=O)CCSc2c1cnc1ccccc21)c1ccccc1. The molecular formula is C20H16N2O2S. The van der Waals surface area contributed by atoms with Crippen molar-refractivity contribution in [3.8, 4) is 0 Å². The molecule has 1 aromatic heterocycles. The number of amides is 1. The number of thioether (sulfide) groups is 1. The number of carbonyl (C=O) groups excluding carboxylic acids is 2. The maximum atomic E-state index is 12.6. The number of fused-ring (bicyclic) bond motifs is 3. The molecule has 1 amide bonds. The Morgan fingerprint density at radius 3 is 2.68 bits per heavy atom. The van der Waals surface area contributed by atoms with Crippen LogP contribution in [0.3, 0.4) is 0 Å². The summed E-state index contributed by atoms with van der Waals surface area (Å²) in [5.74, 6) is 0.600. The van der Waals surface area contributed by atoms with E-state index in [2.05, 4.69) is 4.98 Å². The molecule has 0 N–H and O–H groups in total. The summed E-state index contributed by atoms with van der Waals surface area (Å²) in [5.41, 5.74) is 2.25. The van der Waals surface area contributed by atoms with Crippen molar-refractivity contribution in [1.29, 1.82) is 0 Å². The van der Waals surface area contributed by atoms with Crippen LogP contribution in [0.2, 0.25) is 0 Å². The minimum atomic E-state index is -0.0695.